The largest absolute Gasteiger partial charge is 0.497 e. The maximum atomic E-state index is 13.5. The summed E-state index contributed by atoms with van der Waals surface area (Å²) < 4.78 is 20.4. The van der Waals surface area contributed by atoms with Crippen molar-refractivity contribution in [2.45, 2.75) is 46.2 Å². The molecule has 0 aliphatic rings. The molecule has 0 fully saturated rings. The van der Waals surface area contributed by atoms with E-state index in [1.165, 1.54) is 17.0 Å². The number of urea groups is 1. The van der Waals surface area contributed by atoms with Crippen LogP contribution in [0.25, 0.3) is 16.9 Å². The standard InChI is InChI=1S/C26H32FN5O3/c1-17(2)31(25(34)30-26(3,4)5)16-23(33)29-24-28-22(18-7-13-21(35-6)14-8-18)15-32(24)20-11-9-19(27)10-12-20/h7-15,17H,16H2,1-6H3,(H,30,34)(H,28,29,33). The molecule has 0 aliphatic heterocycles. The number of nitrogens with one attached hydrogen (secondary N) is 2. The van der Waals surface area contributed by atoms with E-state index >= 15 is 0 Å². The smallest absolute Gasteiger partial charge is 0.318 e. The van der Waals surface area contributed by atoms with Crippen molar-refractivity contribution in [2.75, 3.05) is 19.0 Å². The summed E-state index contributed by atoms with van der Waals surface area (Å²) in [7, 11) is 1.59. The van der Waals surface area contributed by atoms with Gasteiger partial charge in [0.05, 0.1) is 12.8 Å². The Hall–Kier alpha value is -3.88. The van der Waals surface area contributed by atoms with E-state index in [0.717, 1.165) is 5.56 Å². The topological polar surface area (TPSA) is 88.5 Å². The zero-order valence-corrected chi connectivity index (χ0v) is 20.9. The summed E-state index contributed by atoms with van der Waals surface area (Å²) in [6.45, 7) is 9.16. The maximum Gasteiger partial charge on any atom is 0.318 e. The van der Waals surface area contributed by atoms with E-state index in [0.29, 0.717) is 17.1 Å². The quantitative estimate of drug-likeness (QED) is 0.505. The highest BCUT2D eigenvalue weighted by molar-refractivity contribution is 5.93. The van der Waals surface area contributed by atoms with Crippen LogP contribution in [0.4, 0.5) is 15.1 Å². The number of carbonyl (C=O) groups excluding carboxylic acids is 2. The molecule has 0 bridgehead atoms. The number of nitrogens with zero attached hydrogens (tertiary/aromatic N) is 3. The molecule has 2 N–H and O–H groups in total. The lowest BCUT2D eigenvalue weighted by molar-refractivity contribution is -0.117. The SMILES string of the molecule is COc1ccc(-c2cn(-c3ccc(F)cc3)c(NC(=O)CN(C(=O)NC(C)(C)C)C(C)C)n2)cc1. The summed E-state index contributed by atoms with van der Waals surface area (Å²) in [6, 6.07) is 12.7. The Kier molecular flexibility index (Phi) is 7.78. The number of benzene rings is 2. The number of amides is 3. The first-order valence-electron chi connectivity index (χ1n) is 11.3. The first kappa shape index (κ1) is 25.7. The average molecular weight is 482 g/mol. The highest BCUT2D eigenvalue weighted by atomic mass is 19.1. The Labute approximate surface area is 205 Å². The van der Waals surface area contributed by atoms with E-state index in [2.05, 4.69) is 15.6 Å². The molecule has 35 heavy (non-hydrogen) atoms. The lowest BCUT2D eigenvalue weighted by atomic mass is 10.1. The predicted molar refractivity (Wildman–Crippen MR) is 134 cm³/mol. The molecule has 186 valence electrons. The van der Waals surface area contributed by atoms with Crippen LogP contribution in [0.15, 0.2) is 54.7 Å². The molecular formula is C26H32FN5O3. The Morgan fingerprint density at radius 2 is 1.71 bits per heavy atom. The van der Waals surface area contributed by atoms with Gasteiger partial charge < -0.3 is 15.0 Å². The van der Waals surface area contributed by atoms with Gasteiger partial charge in [-0.25, -0.2) is 14.2 Å². The zero-order chi connectivity index (χ0) is 25.8. The Morgan fingerprint density at radius 1 is 1.09 bits per heavy atom. The molecule has 1 aromatic heterocycles. The minimum absolute atomic E-state index is 0.159. The van der Waals surface area contributed by atoms with Crippen molar-refractivity contribution in [3.63, 3.8) is 0 Å². The highest BCUT2D eigenvalue weighted by Gasteiger charge is 2.25. The second kappa shape index (κ2) is 10.6. The summed E-state index contributed by atoms with van der Waals surface area (Å²) in [5.41, 5.74) is 1.61. The second-order valence-electron chi connectivity index (χ2n) is 9.47. The fourth-order valence-electron chi connectivity index (χ4n) is 3.37. The summed E-state index contributed by atoms with van der Waals surface area (Å²) in [4.78, 5) is 31.8. The number of ether oxygens (including phenoxy) is 1. The van der Waals surface area contributed by atoms with E-state index in [-0.39, 0.29) is 30.4 Å². The monoisotopic (exact) mass is 481 g/mol. The van der Waals surface area contributed by atoms with E-state index in [4.69, 9.17) is 4.74 Å². The molecule has 9 heteroatoms. The van der Waals surface area contributed by atoms with Gasteiger partial charge in [0.25, 0.3) is 0 Å². The van der Waals surface area contributed by atoms with Gasteiger partial charge in [0.2, 0.25) is 11.9 Å². The Bertz CT molecular complexity index is 1170. The maximum absolute atomic E-state index is 13.5. The van der Waals surface area contributed by atoms with Crippen molar-refractivity contribution in [1.82, 2.24) is 19.8 Å². The highest BCUT2D eigenvalue weighted by Crippen LogP contribution is 2.26. The Morgan fingerprint density at radius 3 is 2.26 bits per heavy atom. The first-order chi connectivity index (χ1) is 16.5. The molecule has 0 unspecified atom stereocenters. The minimum Gasteiger partial charge on any atom is -0.497 e. The molecule has 3 aromatic rings. The predicted octanol–water partition coefficient (Wildman–Crippen LogP) is 4.84. The molecule has 3 rings (SSSR count). The van der Waals surface area contributed by atoms with Gasteiger partial charge in [-0.05, 0) is 83.1 Å². The van der Waals surface area contributed by atoms with Gasteiger partial charge in [-0.3, -0.25) is 14.7 Å². The number of carbonyl (C=O) groups is 2. The third-order valence-electron chi connectivity index (χ3n) is 5.13. The molecule has 0 saturated heterocycles. The minimum atomic E-state index is -0.438. The third kappa shape index (κ3) is 6.81. The van der Waals surface area contributed by atoms with Crippen LogP contribution >= 0.6 is 0 Å². The van der Waals surface area contributed by atoms with Crippen molar-refractivity contribution >= 4 is 17.9 Å². The molecule has 0 atom stereocenters. The molecule has 0 saturated carbocycles. The number of rotatable bonds is 7. The van der Waals surface area contributed by atoms with Gasteiger partial charge in [-0.15, -0.1) is 0 Å². The Balaban J connectivity index is 1.89. The first-order valence-corrected chi connectivity index (χ1v) is 11.3. The summed E-state index contributed by atoms with van der Waals surface area (Å²) in [5, 5.41) is 5.70. The molecule has 1 heterocycles. The lowest BCUT2D eigenvalue weighted by Crippen LogP contribution is -2.52. The van der Waals surface area contributed by atoms with Gasteiger partial charge in [0, 0.05) is 29.0 Å². The molecule has 0 aliphatic carbocycles. The number of anilines is 1. The van der Waals surface area contributed by atoms with E-state index in [1.807, 2.05) is 58.9 Å². The average Bonchev–Trinajstić information content (AvgIpc) is 3.20. The molecule has 8 nitrogen and oxygen atoms in total. The molecule has 0 spiro atoms. The number of aromatic nitrogens is 2. The summed E-state index contributed by atoms with van der Waals surface area (Å²) in [5.74, 6) is 0.195. The van der Waals surface area contributed by atoms with Crippen LogP contribution in [-0.4, -0.2) is 51.6 Å². The van der Waals surface area contributed by atoms with Crippen LogP contribution < -0.4 is 15.4 Å². The summed E-state index contributed by atoms with van der Waals surface area (Å²) in [6.07, 6.45) is 1.76. The molecule has 0 radical (unpaired) electrons. The number of hydrogen-bond acceptors (Lipinski definition) is 4. The molecule has 3 amide bonds. The zero-order valence-electron chi connectivity index (χ0n) is 20.9. The molecule has 2 aromatic carbocycles. The van der Waals surface area contributed by atoms with Gasteiger partial charge >= 0.3 is 6.03 Å². The lowest BCUT2D eigenvalue weighted by Gasteiger charge is -2.30. The number of hydrogen-bond donors (Lipinski definition) is 2. The number of halogens is 1. The van der Waals surface area contributed by atoms with E-state index < -0.39 is 11.4 Å². The normalized spacial score (nSPS) is 11.3. The third-order valence-corrected chi connectivity index (χ3v) is 5.13. The fourth-order valence-corrected chi connectivity index (χ4v) is 3.37. The fraction of sp³-hybridized carbons (Fsp3) is 0.346. The van der Waals surface area contributed by atoms with Crippen molar-refractivity contribution < 1.29 is 18.7 Å². The van der Waals surface area contributed by atoms with Crippen LogP contribution in [0.5, 0.6) is 5.75 Å². The summed E-state index contributed by atoms with van der Waals surface area (Å²) >= 11 is 0. The van der Waals surface area contributed by atoms with Crippen LogP contribution in [-0.2, 0) is 4.79 Å². The van der Waals surface area contributed by atoms with Crippen LogP contribution in [0, 0.1) is 5.82 Å². The van der Waals surface area contributed by atoms with E-state index in [1.54, 1.807) is 30.0 Å². The van der Waals surface area contributed by atoms with Crippen LogP contribution in [0.3, 0.4) is 0 Å². The van der Waals surface area contributed by atoms with Gasteiger partial charge in [0.1, 0.15) is 18.1 Å². The second-order valence-corrected chi connectivity index (χ2v) is 9.47. The number of methoxy groups -OCH3 is 1. The van der Waals surface area contributed by atoms with Crippen molar-refractivity contribution in [1.29, 1.82) is 0 Å². The van der Waals surface area contributed by atoms with Gasteiger partial charge in [0.15, 0.2) is 0 Å². The van der Waals surface area contributed by atoms with Gasteiger partial charge in [-0.2, -0.15) is 0 Å². The van der Waals surface area contributed by atoms with Crippen LogP contribution in [0.2, 0.25) is 0 Å². The van der Waals surface area contributed by atoms with Crippen molar-refractivity contribution in [3.8, 4) is 22.7 Å². The van der Waals surface area contributed by atoms with Crippen molar-refractivity contribution in [2.24, 2.45) is 0 Å². The molecular weight excluding hydrogens is 449 g/mol. The van der Waals surface area contributed by atoms with Crippen LogP contribution in [0.1, 0.15) is 34.6 Å². The van der Waals surface area contributed by atoms with E-state index in [9.17, 15) is 14.0 Å². The number of imidazole rings is 1. The van der Waals surface area contributed by atoms with Crippen molar-refractivity contribution in [3.05, 3.63) is 60.5 Å². The van der Waals surface area contributed by atoms with Gasteiger partial charge in [-0.1, -0.05) is 0 Å².